The number of aryl methyl sites for hydroxylation is 1. The molecule has 0 amide bonds. The molecule has 0 radical (unpaired) electrons. The fourth-order valence-corrected chi connectivity index (χ4v) is 2.20. The van der Waals surface area contributed by atoms with E-state index in [1.807, 2.05) is 37.3 Å². The molecule has 4 heteroatoms. The lowest BCUT2D eigenvalue weighted by molar-refractivity contribution is 0.416. The highest BCUT2D eigenvalue weighted by atomic mass is 16.5. The number of pyridine rings is 1. The van der Waals surface area contributed by atoms with Gasteiger partial charge in [-0.3, -0.25) is 4.79 Å². The molecule has 1 heterocycles. The van der Waals surface area contributed by atoms with Crippen molar-refractivity contribution in [3.05, 3.63) is 51.8 Å². The summed E-state index contributed by atoms with van der Waals surface area (Å²) in [7, 11) is 3.32. The first-order valence-corrected chi connectivity index (χ1v) is 6.29. The number of aromatic nitrogens is 1. The van der Waals surface area contributed by atoms with Gasteiger partial charge >= 0.3 is 0 Å². The van der Waals surface area contributed by atoms with E-state index in [1.165, 1.54) is 0 Å². The molecule has 1 aromatic heterocycles. The molecule has 20 heavy (non-hydrogen) atoms. The average molecular weight is 268 g/mol. The van der Waals surface area contributed by atoms with Gasteiger partial charge in [-0.1, -0.05) is 17.7 Å². The zero-order chi connectivity index (χ0) is 14.7. The van der Waals surface area contributed by atoms with E-state index in [0.717, 1.165) is 22.6 Å². The molecule has 0 aliphatic rings. The van der Waals surface area contributed by atoms with Gasteiger partial charge in [0.15, 0.2) is 0 Å². The normalized spacial score (nSPS) is 10.1. The number of rotatable bonds is 3. The standard InChI is InChI=1S/C16H16N2O2/c1-11-4-7-15(20-3)13(10-11)14-6-5-12(8-9-17)16(19)18(14)2/h4-7,10H,8H2,1-3H3. The zero-order valence-electron chi connectivity index (χ0n) is 11.8. The molecule has 2 aromatic rings. The number of hydrogen-bond acceptors (Lipinski definition) is 3. The molecule has 0 atom stereocenters. The minimum atomic E-state index is -0.146. The summed E-state index contributed by atoms with van der Waals surface area (Å²) >= 11 is 0. The number of hydrogen-bond donors (Lipinski definition) is 0. The third-order valence-electron chi connectivity index (χ3n) is 3.28. The van der Waals surface area contributed by atoms with Crippen LogP contribution in [0.5, 0.6) is 5.75 Å². The molecule has 0 aliphatic heterocycles. The summed E-state index contributed by atoms with van der Waals surface area (Å²) < 4.78 is 6.92. The highest BCUT2D eigenvalue weighted by Crippen LogP contribution is 2.29. The average Bonchev–Trinajstić information content (AvgIpc) is 2.44. The predicted octanol–water partition coefficient (Wildman–Crippen LogP) is 2.44. The van der Waals surface area contributed by atoms with Crippen LogP contribution in [-0.2, 0) is 13.5 Å². The number of ether oxygens (including phenoxy) is 1. The molecule has 0 N–H and O–H groups in total. The van der Waals surface area contributed by atoms with E-state index >= 15 is 0 Å². The van der Waals surface area contributed by atoms with Crippen molar-refractivity contribution in [2.75, 3.05) is 7.11 Å². The van der Waals surface area contributed by atoms with Gasteiger partial charge in [-0.2, -0.15) is 5.26 Å². The molecular formula is C16H16N2O2. The van der Waals surface area contributed by atoms with E-state index in [0.29, 0.717) is 5.56 Å². The summed E-state index contributed by atoms with van der Waals surface area (Å²) in [5.41, 5.74) is 3.10. The number of methoxy groups -OCH3 is 1. The van der Waals surface area contributed by atoms with E-state index in [4.69, 9.17) is 10.00 Å². The smallest absolute Gasteiger partial charge is 0.255 e. The Morgan fingerprint density at radius 2 is 2.05 bits per heavy atom. The Bertz CT molecular complexity index is 739. The summed E-state index contributed by atoms with van der Waals surface area (Å²) in [6.07, 6.45) is 0.123. The fraction of sp³-hybridized carbons (Fsp3) is 0.250. The number of nitrogens with zero attached hydrogens (tertiary/aromatic N) is 2. The second kappa shape index (κ2) is 5.62. The van der Waals surface area contributed by atoms with Gasteiger partial charge in [0.25, 0.3) is 5.56 Å². The minimum absolute atomic E-state index is 0.123. The van der Waals surface area contributed by atoms with Gasteiger partial charge in [0.1, 0.15) is 5.75 Å². The van der Waals surface area contributed by atoms with Crippen LogP contribution in [-0.4, -0.2) is 11.7 Å². The van der Waals surface area contributed by atoms with Crippen molar-refractivity contribution in [2.45, 2.75) is 13.3 Å². The summed E-state index contributed by atoms with van der Waals surface area (Å²) in [5, 5.41) is 8.72. The number of nitriles is 1. The van der Waals surface area contributed by atoms with Crippen LogP contribution in [0.4, 0.5) is 0 Å². The van der Waals surface area contributed by atoms with Crippen molar-refractivity contribution in [3.63, 3.8) is 0 Å². The molecule has 4 nitrogen and oxygen atoms in total. The Kier molecular flexibility index (Phi) is 3.90. The maximum atomic E-state index is 12.2. The van der Waals surface area contributed by atoms with Gasteiger partial charge < -0.3 is 9.30 Å². The first kappa shape index (κ1) is 13.9. The first-order chi connectivity index (χ1) is 9.58. The van der Waals surface area contributed by atoms with Gasteiger partial charge in [-0.05, 0) is 25.1 Å². The predicted molar refractivity (Wildman–Crippen MR) is 77.7 cm³/mol. The van der Waals surface area contributed by atoms with Crippen LogP contribution >= 0.6 is 0 Å². The van der Waals surface area contributed by atoms with Crippen LogP contribution in [0, 0.1) is 18.3 Å². The molecular weight excluding hydrogens is 252 g/mol. The van der Waals surface area contributed by atoms with Crippen molar-refractivity contribution in [3.8, 4) is 23.1 Å². The van der Waals surface area contributed by atoms with E-state index in [1.54, 1.807) is 24.8 Å². The molecule has 1 aromatic carbocycles. The van der Waals surface area contributed by atoms with Crippen LogP contribution in [0.25, 0.3) is 11.3 Å². The van der Waals surface area contributed by atoms with E-state index < -0.39 is 0 Å². The third kappa shape index (κ3) is 2.43. The van der Waals surface area contributed by atoms with Crippen molar-refractivity contribution in [1.29, 1.82) is 5.26 Å². The van der Waals surface area contributed by atoms with Crippen LogP contribution in [0.1, 0.15) is 11.1 Å². The van der Waals surface area contributed by atoms with Gasteiger partial charge in [-0.15, -0.1) is 0 Å². The second-order valence-electron chi connectivity index (χ2n) is 4.65. The van der Waals surface area contributed by atoms with Crippen molar-refractivity contribution in [2.24, 2.45) is 7.05 Å². The van der Waals surface area contributed by atoms with Crippen LogP contribution in [0.15, 0.2) is 35.1 Å². The first-order valence-electron chi connectivity index (χ1n) is 6.29. The second-order valence-corrected chi connectivity index (χ2v) is 4.65. The van der Waals surface area contributed by atoms with E-state index in [2.05, 4.69) is 0 Å². The van der Waals surface area contributed by atoms with E-state index in [-0.39, 0.29) is 12.0 Å². The molecule has 0 aliphatic carbocycles. The Balaban J connectivity index is 2.66. The lowest BCUT2D eigenvalue weighted by atomic mass is 10.1. The van der Waals surface area contributed by atoms with Gasteiger partial charge in [-0.25, -0.2) is 0 Å². The lowest BCUT2D eigenvalue weighted by Crippen LogP contribution is -2.22. The molecule has 102 valence electrons. The monoisotopic (exact) mass is 268 g/mol. The Hall–Kier alpha value is -2.54. The Morgan fingerprint density at radius 3 is 2.70 bits per heavy atom. The summed E-state index contributed by atoms with van der Waals surface area (Å²) in [5.74, 6) is 0.721. The highest BCUT2D eigenvalue weighted by Gasteiger charge is 2.11. The SMILES string of the molecule is COc1ccc(C)cc1-c1ccc(CC#N)c(=O)n1C. The topological polar surface area (TPSA) is 55.0 Å². The van der Waals surface area contributed by atoms with Gasteiger partial charge in [0, 0.05) is 18.2 Å². The Morgan fingerprint density at radius 1 is 1.30 bits per heavy atom. The summed E-state index contributed by atoms with van der Waals surface area (Å²) in [4.78, 5) is 12.2. The quantitative estimate of drug-likeness (QED) is 0.859. The van der Waals surface area contributed by atoms with E-state index in [9.17, 15) is 4.79 Å². The molecule has 2 rings (SSSR count). The minimum Gasteiger partial charge on any atom is -0.496 e. The third-order valence-corrected chi connectivity index (χ3v) is 3.28. The number of benzene rings is 1. The molecule has 0 saturated carbocycles. The summed E-state index contributed by atoms with van der Waals surface area (Å²) in [6, 6.07) is 11.4. The van der Waals surface area contributed by atoms with Gasteiger partial charge in [0.2, 0.25) is 0 Å². The maximum Gasteiger partial charge on any atom is 0.255 e. The lowest BCUT2D eigenvalue weighted by Gasteiger charge is -2.13. The molecule has 0 spiro atoms. The van der Waals surface area contributed by atoms with Crippen molar-refractivity contribution >= 4 is 0 Å². The molecule has 0 fully saturated rings. The van der Waals surface area contributed by atoms with Crippen LogP contribution < -0.4 is 10.3 Å². The molecule has 0 saturated heterocycles. The van der Waals surface area contributed by atoms with Crippen molar-refractivity contribution < 1.29 is 4.74 Å². The Labute approximate surface area is 117 Å². The molecule has 0 unspecified atom stereocenters. The molecule has 0 bridgehead atoms. The highest BCUT2D eigenvalue weighted by molar-refractivity contribution is 5.68. The van der Waals surface area contributed by atoms with Crippen LogP contribution in [0.2, 0.25) is 0 Å². The van der Waals surface area contributed by atoms with Gasteiger partial charge in [0.05, 0.1) is 25.3 Å². The zero-order valence-corrected chi connectivity index (χ0v) is 11.8. The van der Waals surface area contributed by atoms with Crippen LogP contribution in [0.3, 0.4) is 0 Å². The largest absolute Gasteiger partial charge is 0.496 e. The fourth-order valence-electron chi connectivity index (χ4n) is 2.20. The van der Waals surface area contributed by atoms with Crippen molar-refractivity contribution in [1.82, 2.24) is 4.57 Å². The summed E-state index contributed by atoms with van der Waals surface area (Å²) in [6.45, 7) is 1.99. The maximum absolute atomic E-state index is 12.2.